The number of hydrogen-bond acceptors (Lipinski definition) is 5. The molecule has 0 fully saturated rings. The van der Waals surface area contributed by atoms with E-state index in [9.17, 15) is 5.11 Å². The van der Waals surface area contributed by atoms with Crippen LogP contribution in [0.25, 0.3) is 0 Å². The quantitative estimate of drug-likeness (QED) is 0.495. The molecule has 0 saturated carbocycles. The highest BCUT2D eigenvalue weighted by Crippen LogP contribution is 2.02. The molecular formula is C11H25NO4. The van der Waals surface area contributed by atoms with Crippen LogP contribution >= 0.6 is 0 Å². The Kier molecular flexibility index (Phi) is 9.86. The van der Waals surface area contributed by atoms with Gasteiger partial charge < -0.3 is 24.6 Å². The Hall–Kier alpha value is -0.200. The molecule has 98 valence electrons. The summed E-state index contributed by atoms with van der Waals surface area (Å²) < 4.78 is 15.5. The third-order valence-electron chi connectivity index (χ3n) is 2.18. The summed E-state index contributed by atoms with van der Waals surface area (Å²) in [5.41, 5.74) is -0.360. The number of methoxy groups -OCH3 is 1. The fourth-order valence-corrected chi connectivity index (χ4v) is 1.24. The molecule has 0 amide bonds. The summed E-state index contributed by atoms with van der Waals surface area (Å²) in [5, 5.41) is 12.4. The van der Waals surface area contributed by atoms with Crippen LogP contribution < -0.4 is 5.32 Å². The first-order valence-electron chi connectivity index (χ1n) is 5.69. The van der Waals surface area contributed by atoms with E-state index in [1.54, 1.807) is 7.11 Å². The molecule has 0 aliphatic heterocycles. The summed E-state index contributed by atoms with van der Waals surface area (Å²) in [6.45, 7) is 7.56. The van der Waals surface area contributed by atoms with Gasteiger partial charge in [-0.15, -0.1) is 0 Å². The molecule has 0 aromatic carbocycles. The lowest BCUT2D eigenvalue weighted by atomic mass is 10.1. The molecule has 0 aromatic heterocycles. The van der Waals surface area contributed by atoms with Crippen LogP contribution in [0, 0.1) is 0 Å². The van der Waals surface area contributed by atoms with Gasteiger partial charge in [-0.3, -0.25) is 0 Å². The van der Waals surface area contributed by atoms with E-state index in [1.165, 1.54) is 0 Å². The van der Waals surface area contributed by atoms with Gasteiger partial charge in [0.1, 0.15) is 0 Å². The summed E-state index contributed by atoms with van der Waals surface area (Å²) in [6.07, 6.45) is 0. The molecule has 5 nitrogen and oxygen atoms in total. The second kappa shape index (κ2) is 9.99. The van der Waals surface area contributed by atoms with Crippen LogP contribution in [0.3, 0.4) is 0 Å². The van der Waals surface area contributed by atoms with Gasteiger partial charge in [-0.25, -0.2) is 0 Å². The molecule has 2 N–H and O–H groups in total. The van der Waals surface area contributed by atoms with Crippen LogP contribution in [0.5, 0.6) is 0 Å². The van der Waals surface area contributed by atoms with E-state index in [0.717, 1.165) is 6.54 Å². The maximum Gasteiger partial charge on any atom is 0.0701 e. The Morgan fingerprint density at radius 3 is 2.31 bits per heavy atom. The normalized spacial score (nSPS) is 15.0. The molecule has 0 spiro atoms. The summed E-state index contributed by atoms with van der Waals surface area (Å²) in [7, 11) is 1.64. The average molecular weight is 235 g/mol. The van der Waals surface area contributed by atoms with Crippen LogP contribution in [0.2, 0.25) is 0 Å². The third-order valence-corrected chi connectivity index (χ3v) is 2.18. The van der Waals surface area contributed by atoms with E-state index in [0.29, 0.717) is 33.0 Å². The van der Waals surface area contributed by atoms with Gasteiger partial charge in [0.2, 0.25) is 0 Å². The smallest absolute Gasteiger partial charge is 0.0701 e. The molecule has 5 heteroatoms. The first kappa shape index (κ1) is 15.8. The van der Waals surface area contributed by atoms with Crippen molar-refractivity contribution >= 4 is 0 Å². The van der Waals surface area contributed by atoms with E-state index in [1.807, 2.05) is 13.8 Å². The molecule has 0 aliphatic rings. The summed E-state index contributed by atoms with van der Waals surface area (Å²) in [6, 6.07) is 0. The topological polar surface area (TPSA) is 60.0 Å². The number of ether oxygens (including phenoxy) is 3. The number of rotatable bonds is 11. The molecule has 0 aromatic rings. The van der Waals surface area contributed by atoms with Crippen molar-refractivity contribution in [3.8, 4) is 0 Å². The SMILES string of the molecule is CCNC(C)(CO)COCCOCCOC. The number of aliphatic hydroxyl groups excluding tert-OH is 1. The zero-order valence-electron chi connectivity index (χ0n) is 10.6. The lowest BCUT2D eigenvalue weighted by Crippen LogP contribution is -2.49. The molecule has 0 saturated heterocycles. The number of hydrogen-bond donors (Lipinski definition) is 2. The minimum Gasteiger partial charge on any atom is -0.394 e. The highest BCUT2D eigenvalue weighted by atomic mass is 16.5. The van der Waals surface area contributed by atoms with Crippen molar-refractivity contribution in [3.63, 3.8) is 0 Å². The van der Waals surface area contributed by atoms with Gasteiger partial charge in [-0.1, -0.05) is 6.92 Å². The Morgan fingerprint density at radius 1 is 1.12 bits per heavy atom. The van der Waals surface area contributed by atoms with Crippen molar-refractivity contribution in [1.82, 2.24) is 5.32 Å². The second-order valence-electron chi connectivity index (χ2n) is 3.91. The van der Waals surface area contributed by atoms with Gasteiger partial charge in [-0.2, -0.15) is 0 Å². The second-order valence-corrected chi connectivity index (χ2v) is 3.91. The maximum atomic E-state index is 9.20. The highest BCUT2D eigenvalue weighted by Gasteiger charge is 2.21. The zero-order chi connectivity index (χ0) is 12.3. The Balaban J connectivity index is 3.41. The van der Waals surface area contributed by atoms with Crippen LogP contribution in [-0.2, 0) is 14.2 Å². The van der Waals surface area contributed by atoms with Crippen molar-refractivity contribution in [2.45, 2.75) is 19.4 Å². The number of nitrogens with one attached hydrogen (secondary N) is 1. The zero-order valence-corrected chi connectivity index (χ0v) is 10.6. The van der Waals surface area contributed by atoms with Crippen molar-refractivity contribution in [3.05, 3.63) is 0 Å². The maximum absolute atomic E-state index is 9.20. The predicted molar refractivity (Wildman–Crippen MR) is 62.7 cm³/mol. The van der Waals surface area contributed by atoms with Gasteiger partial charge in [0.05, 0.1) is 45.2 Å². The number of likely N-dealkylation sites (N-methyl/N-ethyl adjacent to an activating group) is 1. The Morgan fingerprint density at radius 2 is 1.75 bits per heavy atom. The van der Waals surface area contributed by atoms with Crippen LogP contribution in [0.15, 0.2) is 0 Å². The molecular weight excluding hydrogens is 210 g/mol. The molecule has 0 radical (unpaired) electrons. The van der Waals surface area contributed by atoms with E-state index in [-0.39, 0.29) is 12.1 Å². The Labute approximate surface area is 98.1 Å². The minimum absolute atomic E-state index is 0.0609. The van der Waals surface area contributed by atoms with Gasteiger partial charge in [0, 0.05) is 7.11 Å². The molecule has 0 heterocycles. The van der Waals surface area contributed by atoms with E-state index >= 15 is 0 Å². The fraction of sp³-hybridized carbons (Fsp3) is 1.00. The summed E-state index contributed by atoms with van der Waals surface area (Å²) in [5.74, 6) is 0. The molecule has 0 bridgehead atoms. The summed E-state index contributed by atoms with van der Waals surface area (Å²) in [4.78, 5) is 0. The van der Waals surface area contributed by atoms with Gasteiger partial charge in [0.15, 0.2) is 0 Å². The minimum atomic E-state index is -0.360. The molecule has 1 atom stereocenters. The highest BCUT2D eigenvalue weighted by molar-refractivity contribution is 4.81. The molecule has 16 heavy (non-hydrogen) atoms. The monoisotopic (exact) mass is 235 g/mol. The molecule has 0 rings (SSSR count). The van der Waals surface area contributed by atoms with Crippen molar-refractivity contribution in [1.29, 1.82) is 0 Å². The lowest BCUT2D eigenvalue weighted by molar-refractivity contribution is -0.00130. The average Bonchev–Trinajstić information content (AvgIpc) is 2.28. The number of aliphatic hydroxyl groups is 1. The first-order chi connectivity index (χ1) is 7.68. The third kappa shape index (κ3) is 8.01. The van der Waals surface area contributed by atoms with Gasteiger partial charge in [-0.05, 0) is 13.5 Å². The van der Waals surface area contributed by atoms with Gasteiger partial charge >= 0.3 is 0 Å². The van der Waals surface area contributed by atoms with E-state index in [2.05, 4.69) is 5.32 Å². The van der Waals surface area contributed by atoms with E-state index < -0.39 is 0 Å². The largest absolute Gasteiger partial charge is 0.394 e. The van der Waals surface area contributed by atoms with Crippen LogP contribution in [0.4, 0.5) is 0 Å². The Bertz CT molecular complexity index is 157. The summed E-state index contributed by atoms with van der Waals surface area (Å²) >= 11 is 0. The van der Waals surface area contributed by atoms with Crippen LogP contribution in [0.1, 0.15) is 13.8 Å². The fourth-order valence-electron chi connectivity index (χ4n) is 1.24. The van der Waals surface area contributed by atoms with E-state index in [4.69, 9.17) is 14.2 Å². The lowest BCUT2D eigenvalue weighted by Gasteiger charge is -2.27. The molecule has 0 aliphatic carbocycles. The first-order valence-corrected chi connectivity index (χ1v) is 5.69. The van der Waals surface area contributed by atoms with Crippen LogP contribution in [-0.4, -0.2) is 63.9 Å². The van der Waals surface area contributed by atoms with Crippen molar-refractivity contribution in [2.75, 3.05) is 53.3 Å². The predicted octanol–water partition coefficient (Wildman–Crippen LogP) is 0.0265. The molecule has 1 unspecified atom stereocenters. The van der Waals surface area contributed by atoms with Gasteiger partial charge in [0.25, 0.3) is 0 Å². The van der Waals surface area contributed by atoms with Crippen molar-refractivity contribution < 1.29 is 19.3 Å². The standard InChI is InChI=1S/C11H25NO4/c1-4-12-11(2,9-13)10-16-8-7-15-6-5-14-3/h12-13H,4-10H2,1-3H3. The van der Waals surface area contributed by atoms with Crippen molar-refractivity contribution in [2.24, 2.45) is 0 Å².